The van der Waals surface area contributed by atoms with Crippen LogP contribution in [0.15, 0.2) is 18.2 Å². The van der Waals surface area contributed by atoms with Gasteiger partial charge >= 0.3 is 0 Å². The maximum Gasteiger partial charge on any atom is 0.233 e. The van der Waals surface area contributed by atoms with Crippen molar-refractivity contribution in [3.63, 3.8) is 0 Å². The molecule has 1 N–H and O–H groups in total. The quantitative estimate of drug-likeness (QED) is 0.940. The fraction of sp³-hybridized carbons (Fsp3) is 0.400. The van der Waals surface area contributed by atoms with Crippen molar-refractivity contribution in [2.75, 3.05) is 23.3 Å². The Morgan fingerprint density at radius 2 is 1.86 bits per heavy atom. The topological polar surface area (TPSA) is 53.9 Å². The van der Waals surface area contributed by atoms with Crippen molar-refractivity contribution in [1.29, 1.82) is 0 Å². The molecule has 1 saturated heterocycles. The summed E-state index contributed by atoms with van der Waals surface area (Å²) in [4.78, 5) is 15.0. The Bertz CT molecular complexity index is 653. The summed E-state index contributed by atoms with van der Waals surface area (Å²) in [7, 11) is 0. The highest BCUT2D eigenvalue weighted by atomic mass is 35.5. The fourth-order valence-electron chi connectivity index (χ4n) is 2.53. The van der Waals surface area contributed by atoms with Crippen LogP contribution in [0, 0.1) is 13.8 Å². The number of nitrogens with one attached hydrogen (secondary N) is 1. The van der Waals surface area contributed by atoms with Crippen LogP contribution in [-0.2, 0) is 0 Å². The zero-order valence-electron chi connectivity index (χ0n) is 12.2. The highest BCUT2D eigenvalue weighted by Gasteiger charge is 2.17. The maximum absolute atomic E-state index is 6.03. The molecule has 0 bridgehead atoms. The SMILES string of the molecule is Cc1ccc(Nc2nc(Cl)nc(N3CCCC3)n2)c(C)c1. The van der Waals surface area contributed by atoms with Crippen molar-refractivity contribution in [3.8, 4) is 0 Å². The molecule has 21 heavy (non-hydrogen) atoms. The van der Waals surface area contributed by atoms with Gasteiger partial charge < -0.3 is 10.2 Å². The van der Waals surface area contributed by atoms with Gasteiger partial charge in [0.05, 0.1) is 0 Å². The third kappa shape index (κ3) is 3.24. The van der Waals surface area contributed by atoms with Crippen LogP contribution >= 0.6 is 11.6 Å². The van der Waals surface area contributed by atoms with Crippen molar-refractivity contribution in [2.45, 2.75) is 26.7 Å². The van der Waals surface area contributed by atoms with Crippen molar-refractivity contribution in [1.82, 2.24) is 15.0 Å². The van der Waals surface area contributed by atoms with E-state index in [0.29, 0.717) is 11.9 Å². The number of hydrogen-bond donors (Lipinski definition) is 1. The number of rotatable bonds is 3. The molecule has 1 aromatic heterocycles. The summed E-state index contributed by atoms with van der Waals surface area (Å²) in [6.07, 6.45) is 2.34. The molecule has 0 unspecified atom stereocenters. The van der Waals surface area contributed by atoms with Gasteiger partial charge in [0, 0.05) is 18.8 Å². The van der Waals surface area contributed by atoms with Crippen molar-refractivity contribution >= 4 is 29.2 Å². The molecule has 0 radical (unpaired) electrons. The molecule has 0 saturated carbocycles. The fourth-order valence-corrected chi connectivity index (χ4v) is 2.68. The lowest BCUT2D eigenvalue weighted by Gasteiger charge is -2.16. The second-order valence-corrected chi connectivity index (χ2v) is 5.70. The van der Waals surface area contributed by atoms with Gasteiger partial charge in [-0.05, 0) is 49.9 Å². The molecule has 0 aliphatic carbocycles. The minimum atomic E-state index is 0.221. The van der Waals surface area contributed by atoms with Gasteiger partial charge in [-0.25, -0.2) is 0 Å². The number of anilines is 3. The molecule has 3 rings (SSSR count). The molecule has 0 amide bonds. The molecular formula is C15H18ClN5. The summed E-state index contributed by atoms with van der Waals surface area (Å²) in [5.41, 5.74) is 3.36. The van der Waals surface area contributed by atoms with Gasteiger partial charge in [0.1, 0.15) is 0 Å². The number of benzene rings is 1. The Hall–Kier alpha value is -1.88. The lowest BCUT2D eigenvalue weighted by Crippen LogP contribution is -2.21. The van der Waals surface area contributed by atoms with Crippen molar-refractivity contribution in [3.05, 3.63) is 34.6 Å². The van der Waals surface area contributed by atoms with Crippen molar-refractivity contribution < 1.29 is 0 Å². The minimum Gasteiger partial charge on any atom is -0.341 e. The zero-order chi connectivity index (χ0) is 14.8. The van der Waals surface area contributed by atoms with E-state index < -0.39 is 0 Å². The van der Waals surface area contributed by atoms with Gasteiger partial charge in [-0.15, -0.1) is 0 Å². The number of aryl methyl sites for hydroxylation is 2. The molecule has 1 fully saturated rings. The summed E-state index contributed by atoms with van der Waals surface area (Å²) < 4.78 is 0. The molecule has 110 valence electrons. The summed E-state index contributed by atoms with van der Waals surface area (Å²) in [5.74, 6) is 1.14. The highest BCUT2D eigenvalue weighted by molar-refractivity contribution is 6.28. The van der Waals surface area contributed by atoms with Crippen LogP contribution in [0.1, 0.15) is 24.0 Å². The number of aromatic nitrogens is 3. The van der Waals surface area contributed by atoms with Gasteiger partial charge in [0.15, 0.2) is 0 Å². The first kappa shape index (κ1) is 14.1. The van der Waals surface area contributed by atoms with E-state index in [2.05, 4.69) is 51.1 Å². The predicted molar refractivity (Wildman–Crippen MR) is 85.5 cm³/mol. The first-order chi connectivity index (χ1) is 10.1. The van der Waals surface area contributed by atoms with Gasteiger partial charge in [-0.3, -0.25) is 0 Å². The average molecular weight is 304 g/mol. The van der Waals surface area contributed by atoms with Gasteiger partial charge in [0.2, 0.25) is 17.2 Å². The van der Waals surface area contributed by atoms with Crippen LogP contribution in [0.25, 0.3) is 0 Å². The lowest BCUT2D eigenvalue weighted by molar-refractivity contribution is 0.883. The van der Waals surface area contributed by atoms with E-state index >= 15 is 0 Å². The normalized spacial score (nSPS) is 14.5. The number of halogens is 1. The van der Waals surface area contributed by atoms with Crippen LogP contribution < -0.4 is 10.2 Å². The average Bonchev–Trinajstić information content (AvgIpc) is 2.95. The molecular weight excluding hydrogens is 286 g/mol. The molecule has 0 atom stereocenters. The summed E-state index contributed by atoms with van der Waals surface area (Å²) in [5, 5.41) is 3.45. The standard InChI is InChI=1S/C15H18ClN5/c1-10-5-6-12(11(2)9-10)17-14-18-13(16)19-15(20-14)21-7-3-4-8-21/h5-6,9H,3-4,7-8H2,1-2H3,(H,17,18,19,20). The molecule has 6 heteroatoms. The summed E-state index contributed by atoms with van der Waals surface area (Å²) in [6.45, 7) is 6.08. The summed E-state index contributed by atoms with van der Waals surface area (Å²) >= 11 is 6.03. The molecule has 2 heterocycles. The second-order valence-electron chi connectivity index (χ2n) is 5.37. The Morgan fingerprint density at radius 1 is 1.10 bits per heavy atom. The lowest BCUT2D eigenvalue weighted by atomic mass is 10.1. The molecule has 5 nitrogen and oxygen atoms in total. The van der Waals surface area contributed by atoms with Crippen LogP contribution in [0.3, 0.4) is 0 Å². The van der Waals surface area contributed by atoms with E-state index in [1.165, 1.54) is 18.4 Å². The second kappa shape index (κ2) is 5.85. The largest absolute Gasteiger partial charge is 0.341 e. The van der Waals surface area contributed by atoms with E-state index in [0.717, 1.165) is 24.3 Å². The zero-order valence-corrected chi connectivity index (χ0v) is 13.0. The monoisotopic (exact) mass is 303 g/mol. The molecule has 1 aliphatic heterocycles. The Kier molecular flexibility index (Phi) is 3.92. The first-order valence-corrected chi connectivity index (χ1v) is 7.50. The van der Waals surface area contributed by atoms with E-state index in [-0.39, 0.29) is 5.28 Å². The van der Waals surface area contributed by atoms with Crippen LogP contribution in [0.4, 0.5) is 17.6 Å². The third-order valence-electron chi connectivity index (χ3n) is 3.61. The molecule has 1 aromatic carbocycles. The van der Waals surface area contributed by atoms with Gasteiger partial charge in [0.25, 0.3) is 0 Å². The number of nitrogens with zero attached hydrogens (tertiary/aromatic N) is 4. The van der Waals surface area contributed by atoms with E-state index in [4.69, 9.17) is 11.6 Å². The van der Waals surface area contributed by atoms with E-state index in [1.807, 2.05) is 6.07 Å². The predicted octanol–water partition coefficient (Wildman–Crippen LogP) is 3.49. The van der Waals surface area contributed by atoms with Gasteiger partial charge in [-0.1, -0.05) is 17.7 Å². The van der Waals surface area contributed by atoms with Gasteiger partial charge in [-0.2, -0.15) is 15.0 Å². The first-order valence-electron chi connectivity index (χ1n) is 7.12. The molecule has 1 aliphatic rings. The molecule has 2 aromatic rings. The smallest absolute Gasteiger partial charge is 0.233 e. The Balaban J connectivity index is 1.87. The maximum atomic E-state index is 6.03. The van der Waals surface area contributed by atoms with Crippen LogP contribution in [0.2, 0.25) is 5.28 Å². The van der Waals surface area contributed by atoms with E-state index in [1.54, 1.807) is 0 Å². The third-order valence-corrected chi connectivity index (χ3v) is 3.78. The summed E-state index contributed by atoms with van der Waals surface area (Å²) in [6, 6.07) is 6.20. The van der Waals surface area contributed by atoms with Crippen molar-refractivity contribution in [2.24, 2.45) is 0 Å². The minimum absolute atomic E-state index is 0.221. The number of hydrogen-bond acceptors (Lipinski definition) is 5. The Morgan fingerprint density at radius 3 is 2.57 bits per heavy atom. The van der Waals surface area contributed by atoms with Crippen LogP contribution in [-0.4, -0.2) is 28.0 Å². The Labute approximate surface area is 129 Å². The van der Waals surface area contributed by atoms with Crippen LogP contribution in [0.5, 0.6) is 0 Å². The van der Waals surface area contributed by atoms with E-state index in [9.17, 15) is 0 Å². The molecule has 0 spiro atoms. The highest BCUT2D eigenvalue weighted by Crippen LogP contribution is 2.23.